The van der Waals surface area contributed by atoms with Gasteiger partial charge in [-0.1, -0.05) is 0 Å². The van der Waals surface area contributed by atoms with Crippen LogP contribution in [0, 0.1) is 0 Å². The van der Waals surface area contributed by atoms with Crippen molar-refractivity contribution in [2.75, 3.05) is 19.9 Å². The van der Waals surface area contributed by atoms with Crippen molar-refractivity contribution in [3.05, 3.63) is 29.8 Å². The summed E-state index contributed by atoms with van der Waals surface area (Å²) in [5.74, 6) is 1.50. The Balaban J connectivity index is 2.54. The third kappa shape index (κ3) is 4.79. The number of carbonyl (C=O) groups is 1. The molecule has 0 saturated heterocycles. The average molecular weight is 266 g/mol. The van der Waals surface area contributed by atoms with Crippen LogP contribution in [0.1, 0.15) is 18.4 Å². The number of amides is 1. The molecule has 1 aromatic rings. The zero-order valence-electron chi connectivity index (χ0n) is 10.7. The molecule has 0 aliphatic carbocycles. The number of methoxy groups -OCH3 is 1. The first-order chi connectivity index (χ1) is 8.67. The number of benzene rings is 1. The maximum Gasteiger partial charge on any atom is 0.242 e. The molecule has 0 bridgehead atoms. The lowest BCUT2D eigenvalue weighted by atomic mass is 10.2. The molecule has 0 N–H and O–H groups in total. The van der Waals surface area contributed by atoms with Crippen LogP contribution in [-0.4, -0.2) is 37.0 Å². The van der Waals surface area contributed by atoms with Crippen LogP contribution in [0.25, 0.3) is 0 Å². The lowest BCUT2D eigenvalue weighted by molar-refractivity contribution is -0.129. The fourth-order valence-electron chi connectivity index (χ4n) is 1.30. The molecule has 4 nitrogen and oxygen atoms in total. The third-order valence-corrected chi connectivity index (χ3v) is 2.72. The van der Waals surface area contributed by atoms with Crippen molar-refractivity contribution in [2.24, 2.45) is 5.10 Å². The van der Waals surface area contributed by atoms with E-state index in [9.17, 15) is 4.79 Å². The monoisotopic (exact) mass is 266 g/mol. The van der Waals surface area contributed by atoms with Gasteiger partial charge in [0.25, 0.3) is 0 Å². The van der Waals surface area contributed by atoms with Crippen LogP contribution in [0.3, 0.4) is 0 Å². The van der Waals surface area contributed by atoms with Gasteiger partial charge in [-0.2, -0.15) is 17.7 Å². The lowest BCUT2D eigenvalue weighted by Crippen LogP contribution is -2.21. The number of hydrogen-bond acceptors (Lipinski definition) is 4. The second-order valence-corrected chi connectivity index (χ2v) is 4.21. The van der Waals surface area contributed by atoms with E-state index in [1.807, 2.05) is 24.3 Å². The fourth-order valence-corrected chi connectivity index (χ4v) is 1.46. The van der Waals surface area contributed by atoms with Crippen LogP contribution in [-0.2, 0) is 4.79 Å². The largest absolute Gasteiger partial charge is 0.497 e. The summed E-state index contributed by atoms with van der Waals surface area (Å²) < 4.78 is 5.06. The van der Waals surface area contributed by atoms with Crippen LogP contribution in [0.2, 0.25) is 0 Å². The molecule has 0 heterocycles. The van der Waals surface area contributed by atoms with E-state index in [0.29, 0.717) is 12.2 Å². The van der Waals surface area contributed by atoms with Gasteiger partial charge in [0.15, 0.2) is 0 Å². The number of nitrogens with zero attached hydrogens (tertiary/aromatic N) is 2. The van der Waals surface area contributed by atoms with E-state index in [0.717, 1.165) is 17.7 Å². The van der Waals surface area contributed by atoms with Crippen molar-refractivity contribution in [1.82, 2.24) is 5.01 Å². The van der Waals surface area contributed by atoms with Crippen molar-refractivity contribution in [2.45, 2.75) is 12.8 Å². The molecule has 0 aromatic heterocycles. The van der Waals surface area contributed by atoms with Crippen molar-refractivity contribution < 1.29 is 9.53 Å². The molecule has 0 aliphatic heterocycles. The number of thiol groups is 1. The molecule has 0 fully saturated rings. The molecule has 0 saturated carbocycles. The number of rotatable bonds is 6. The van der Waals surface area contributed by atoms with Crippen LogP contribution in [0.5, 0.6) is 5.75 Å². The molecule has 0 radical (unpaired) electrons. The number of hydrazone groups is 1. The van der Waals surface area contributed by atoms with Crippen molar-refractivity contribution in [3.8, 4) is 5.75 Å². The smallest absolute Gasteiger partial charge is 0.242 e. The highest BCUT2D eigenvalue weighted by Crippen LogP contribution is 2.10. The summed E-state index contributed by atoms with van der Waals surface area (Å²) in [4.78, 5) is 11.6. The molecule has 1 rings (SSSR count). The summed E-state index contributed by atoms with van der Waals surface area (Å²) in [5.41, 5.74) is 0.921. The average Bonchev–Trinajstić information content (AvgIpc) is 2.42. The highest BCUT2D eigenvalue weighted by Gasteiger charge is 2.05. The first kappa shape index (κ1) is 14.6. The maximum absolute atomic E-state index is 11.6. The van der Waals surface area contributed by atoms with Crippen LogP contribution in [0.4, 0.5) is 0 Å². The highest BCUT2D eigenvalue weighted by atomic mass is 32.1. The predicted octanol–water partition coefficient (Wildman–Crippen LogP) is 2.20. The summed E-state index contributed by atoms with van der Waals surface area (Å²) in [6, 6.07) is 7.47. The Labute approximate surface area is 113 Å². The van der Waals surface area contributed by atoms with E-state index in [1.165, 1.54) is 5.01 Å². The predicted molar refractivity (Wildman–Crippen MR) is 76.4 cm³/mol. The van der Waals surface area contributed by atoms with Crippen LogP contribution >= 0.6 is 12.6 Å². The zero-order chi connectivity index (χ0) is 13.4. The van der Waals surface area contributed by atoms with Gasteiger partial charge in [-0.3, -0.25) is 4.79 Å². The van der Waals surface area contributed by atoms with Gasteiger partial charge in [0.2, 0.25) is 5.91 Å². The van der Waals surface area contributed by atoms with E-state index >= 15 is 0 Å². The van der Waals surface area contributed by atoms with Crippen molar-refractivity contribution in [1.29, 1.82) is 0 Å². The van der Waals surface area contributed by atoms with Gasteiger partial charge in [0.05, 0.1) is 13.3 Å². The summed E-state index contributed by atoms with van der Waals surface area (Å²) in [6.07, 6.45) is 2.89. The molecule has 18 heavy (non-hydrogen) atoms. The van der Waals surface area contributed by atoms with Gasteiger partial charge < -0.3 is 4.74 Å². The first-order valence-corrected chi connectivity index (χ1v) is 6.36. The molecular weight excluding hydrogens is 248 g/mol. The summed E-state index contributed by atoms with van der Waals surface area (Å²) in [5, 5.41) is 5.45. The summed E-state index contributed by atoms with van der Waals surface area (Å²) >= 11 is 4.07. The topological polar surface area (TPSA) is 41.9 Å². The first-order valence-electron chi connectivity index (χ1n) is 5.73. The standard InChI is InChI=1S/C13H18N2O2S/c1-15(13(16)4-3-9-18)14-10-11-5-7-12(17-2)8-6-11/h5-8,10,18H,3-4,9H2,1-2H3. The normalized spacial score (nSPS) is 10.6. The molecule has 1 amide bonds. The minimum atomic E-state index is -0.00573. The Morgan fingerprint density at radius 3 is 2.67 bits per heavy atom. The molecule has 98 valence electrons. The summed E-state index contributed by atoms with van der Waals surface area (Å²) in [6.45, 7) is 0. The van der Waals surface area contributed by atoms with E-state index in [2.05, 4.69) is 17.7 Å². The zero-order valence-corrected chi connectivity index (χ0v) is 11.6. The Morgan fingerprint density at radius 2 is 2.11 bits per heavy atom. The molecule has 0 spiro atoms. The molecule has 0 unspecified atom stereocenters. The van der Waals surface area contributed by atoms with Gasteiger partial charge in [-0.05, 0) is 42.0 Å². The SMILES string of the molecule is COc1ccc(C=NN(C)C(=O)CCCS)cc1. The molecule has 0 aliphatic rings. The Hall–Kier alpha value is -1.49. The molecular formula is C13H18N2O2S. The number of carbonyl (C=O) groups excluding carboxylic acids is 1. The van der Waals surface area contributed by atoms with Gasteiger partial charge >= 0.3 is 0 Å². The van der Waals surface area contributed by atoms with E-state index in [4.69, 9.17) is 4.74 Å². The Kier molecular flexibility index (Phi) is 6.28. The Bertz CT molecular complexity index is 404. The van der Waals surface area contributed by atoms with Crippen LogP contribution in [0.15, 0.2) is 29.4 Å². The van der Waals surface area contributed by atoms with Gasteiger partial charge in [0, 0.05) is 13.5 Å². The minimum absolute atomic E-state index is 0.00573. The highest BCUT2D eigenvalue weighted by molar-refractivity contribution is 7.80. The maximum atomic E-state index is 11.6. The Morgan fingerprint density at radius 1 is 1.44 bits per heavy atom. The number of hydrogen-bond donors (Lipinski definition) is 1. The van der Waals surface area contributed by atoms with Gasteiger partial charge in [-0.25, -0.2) is 5.01 Å². The fraction of sp³-hybridized carbons (Fsp3) is 0.385. The summed E-state index contributed by atoms with van der Waals surface area (Å²) in [7, 11) is 3.28. The van der Waals surface area contributed by atoms with E-state index in [-0.39, 0.29) is 5.91 Å². The lowest BCUT2D eigenvalue weighted by Gasteiger charge is -2.09. The van der Waals surface area contributed by atoms with E-state index in [1.54, 1.807) is 20.4 Å². The van der Waals surface area contributed by atoms with Crippen molar-refractivity contribution in [3.63, 3.8) is 0 Å². The van der Waals surface area contributed by atoms with Gasteiger partial charge in [-0.15, -0.1) is 0 Å². The second-order valence-electron chi connectivity index (χ2n) is 3.76. The second kappa shape index (κ2) is 7.76. The van der Waals surface area contributed by atoms with Gasteiger partial charge in [0.1, 0.15) is 5.75 Å². The van der Waals surface area contributed by atoms with Crippen LogP contribution < -0.4 is 4.74 Å². The molecule has 5 heteroatoms. The van der Waals surface area contributed by atoms with Crippen molar-refractivity contribution >= 4 is 24.8 Å². The minimum Gasteiger partial charge on any atom is -0.497 e. The number of ether oxygens (including phenoxy) is 1. The molecule has 1 aromatic carbocycles. The van der Waals surface area contributed by atoms with E-state index < -0.39 is 0 Å². The quantitative estimate of drug-likeness (QED) is 0.487. The molecule has 0 atom stereocenters. The third-order valence-electron chi connectivity index (χ3n) is 2.41.